The number of benzene rings is 1. The van der Waals surface area contributed by atoms with Crippen LogP contribution in [0.2, 0.25) is 0 Å². The van der Waals surface area contributed by atoms with Gasteiger partial charge in [-0.3, -0.25) is 4.79 Å². The quantitative estimate of drug-likeness (QED) is 0.727. The second-order valence-corrected chi connectivity index (χ2v) is 8.10. The molecule has 0 aliphatic carbocycles. The summed E-state index contributed by atoms with van der Waals surface area (Å²) in [5, 5.41) is 9.76. The van der Waals surface area contributed by atoms with Gasteiger partial charge in [0.05, 0.1) is 17.1 Å². The summed E-state index contributed by atoms with van der Waals surface area (Å²) in [4.78, 5) is 13.9. The van der Waals surface area contributed by atoms with E-state index in [4.69, 9.17) is 0 Å². The van der Waals surface area contributed by atoms with Crippen LogP contribution in [0.15, 0.2) is 18.2 Å². The lowest BCUT2D eigenvalue weighted by Gasteiger charge is -2.33. The van der Waals surface area contributed by atoms with E-state index >= 15 is 0 Å². The number of halogens is 1. The number of rotatable bonds is 1. The third kappa shape index (κ3) is 3.19. The van der Waals surface area contributed by atoms with Gasteiger partial charge in [0.15, 0.2) is 9.84 Å². The van der Waals surface area contributed by atoms with Gasteiger partial charge in [-0.05, 0) is 47.7 Å². The predicted octanol–water partition coefficient (Wildman–Crippen LogP) is 1.26. The van der Waals surface area contributed by atoms with Crippen LogP contribution in [-0.4, -0.2) is 48.4 Å². The van der Waals surface area contributed by atoms with Gasteiger partial charge in [0.1, 0.15) is 5.75 Å². The van der Waals surface area contributed by atoms with Crippen LogP contribution < -0.4 is 0 Å². The second-order valence-electron chi connectivity index (χ2n) is 4.62. The summed E-state index contributed by atoms with van der Waals surface area (Å²) in [6, 6.07) is 4.41. The van der Waals surface area contributed by atoms with Crippen molar-refractivity contribution < 1.29 is 18.3 Å². The van der Waals surface area contributed by atoms with Crippen LogP contribution in [0, 0.1) is 3.57 Å². The molecule has 19 heavy (non-hydrogen) atoms. The Morgan fingerprint density at radius 1 is 1.47 bits per heavy atom. The van der Waals surface area contributed by atoms with E-state index in [0.29, 0.717) is 0 Å². The van der Waals surface area contributed by atoms with Crippen molar-refractivity contribution in [2.75, 3.05) is 18.1 Å². The summed E-state index contributed by atoms with van der Waals surface area (Å²) in [6.45, 7) is 1.88. The van der Waals surface area contributed by atoms with Crippen LogP contribution in [0.3, 0.4) is 0 Å². The topological polar surface area (TPSA) is 74.7 Å². The van der Waals surface area contributed by atoms with Gasteiger partial charge in [-0.2, -0.15) is 0 Å². The minimum atomic E-state index is -3.06. The highest BCUT2D eigenvalue weighted by Gasteiger charge is 2.32. The number of hydrogen-bond donors (Lipinski definition) is 1. The Kier molecular flexibility index (Phi) is 4.05. The van der Waals surface area contributed by atoms with E-state index in [1.54, 1.807) is 19.1 Å². The molecule has 1 N–H and O–H groups in total. The minimum absolute atomic E-state index is 0.0201. The Balaban J connectivity index is 2.27. The standard InChI is InChI=1S/C12H14INO4S/c1-8-7-19(17,18)5-4-14(8)12(16)10-6-9(13)2-3-11(10)15/h2-3,6,8,15H,4-5,7H2,1H3. The van der Waals surface area contributed by atoms with Crippen molar-refractivity contribution in [3.8, 4) is 5.75 Å². The average molecular weight is 395 g/mol. The minimum Gasteiger partial charge on any atom is -0.507 e. The molecule has 7 heteroatoms. The van der Waals surface area contributed by atoms with Crippen molar-refractivity contribution in [3.05, 3.63) is 27.3 Å². The number of phenolic OH excluding ortho intramolecular Hbond substituents is 1. The Morgan fingerprint density at radius 2 is 2.16 bits per heavy atom. The molecule has 1 atom stereocenters. The molecule has 1 aliphatic heterocycles. The fourth-order valence-electron chi connectivity index (χ4n) is 2.13. The number of hydrogen-bond acceptors (Lipinski definition) is 4. The maximum Gasteiger partial charge on any atom is 0.257 e. The zero-order chi connectivity index (χ0) is 14.2. The molecule has 0 spiro atoms. The number of carbonyl (C=O) groups is 1. The van der Waals surface area contributed by atoms with Crippen molar-refractivity contribution in [2.45, 2.75) is 13.0 Å². The normalized spacial score (nSPS) is 22.2. The fraction of sp³-hybridized carbons (Fsp3) is 0.417. The molecule has 1 fully saturated rings. The van der Waals surface area contributed by atoms with Crippen LogP contribution in [0.4, 0.5) is 0 Å². The number of phenols is 1. The highest BCUT2D eigenvalue weighted by atomic mass is 127. The molecule has 104 valence electrons. The van der Waals surface area contributed by atoms with Crippen molar-refractivity contribution in [3.63, 3.8) is 0 Å². The van der Waals surface area contributed by atoms with Crippen molar-refractivity contribution >= 4 is 38.3 Å². The molecule has 0 radical (unpaired) electrons. The monoisotopic (exact) mass is 395 g/mol. The summed E-state index contributed by atoms with van der Waals surface area (Å²) in [6.07, 6.45) is 0. The van der Waals surface area contributed by atoms with E-state index < -0.39 is 9.84 Å². The van der Waals surface area contributed by atoms with Gasteiger partial charge in [0.2, 0.25) is 0 Å². The van der Waals surface area contributed by atoms with Crippen molar-refractivity contribution in [1.82, 2.24) is 4.90 Å². The average Bonchev–Trinajstić information content (AvgIpc) is 2.30. The molecule has 0 bridgehead atoms. The van der Waals surface area contributed by atoms with Gasteiger partial charge in [0, 0.05) is 16.2 Å². The molecular weight excluding hydrogens is 381 g/mol. The molecule has 0 aromatic heterocycles. The number of aromatic hydroxyl groups is 1. The molecule has 5 nitrogen and oxygen atoms in total. The molecule has 1 heterocycles. The highest BCUT2D eigenvalue weighted by Crippen LogP contribution is 2.23. The fourth-order valence-corrected chi connectivity index (χ4v) is 4.18. The Hall–Kier alpha value is -0.830. The molecule has 1 aliphatic rings. The molecular formula is C12H14INO4S. The third-order valence-electron chi connectivity index (χ3n) is 3.12. The highest BCUT2D eigenvalue weighted by molar-refractivity contribution is 14.1. The smallest absolute Gasteiger partial charge is 0.257 e. The second kappa shape index (κ2) is 5.28. The van der Waals surface area contributed by atoms with Gasteiger partial charge in [-0.25, -0.2) is 8.42 Å². The van der Waals surface area contributed by atoms with Crippen LogP contribution in [0.5, 0.6) is 5.75 Å². The lowest BCUT2D eigenvalue weighted by atomic mass is 10.1. The summed E-state index contributed by atoms with van der Waals surface area (Å²) in [5.74, 6) is -0.443. The van der Waals surface area contributed by atoms with E-state index in [9.17, 15) is 18.3 Å². The molecule has 1 amide bonds. The van der Waals surface area contributed by atoms with E-state index in [2.05, 4.69) is 22.6 Å². The third-order valence-corrected chi connectivity index (χ3v) is 5.59. The predicted molar refractivity (Wildman–Crippen MR) is 80.0 cm³/mol. The first-order valence-electron chi connectivity index (χ1n) is 5.80. The van der Waals surface area contributed by atoms with Gasteiger partial charge in [-0.1, -0.05) is 0 Å². The van der Waals surface area contributed by atoms with Crippen LogP contribution in [0.1, 0.15) is 17.3 Å². The molecule has 0 saturated carbocycles. The maximum absolute atomic E-state index is 12.4. The summed E-state index contributed by atoms with van der Waals surface area (Å²) in [7, 11) is -3.06. The van der Waals surface area contributed by atoms with Gasteiger partial charge < -0.3 is 10.0 Å². The Bertz CT molecular complexity index is 614. The molecule has 1 aromatic carbocycles. The number of carbonyl (C=O) groups excluding carboxylic acids is 1. The molecule has 1 unspecified atom stereocenters. The van der Waals surface area contributed by atoms with E-state index in [0.717, 1.165) is 3.57 Å². The number of nitrogens with zero attached hydrogens (tertiary/aromatic N) is 1. The van der Waals surface area contributed by atoms with Gasteiger partial charge >= 0.3 is 0 Å². The number of amides is 1. The molecule has 1 saturated heterocycles. The van der Waals surface area contributed by atoms with Crippen LogP contribution in [-0.2, 0) is 9.84 Å². The summed E-state index contributed by atoms with van der Waals surface area (Å²) in [5.41, 5.74) is 0.220. The maximum atomic E-state index is 12.4. The lowest BCUT2D eigenvalue weighted by molar-refractivity contribution is 0.0709. The first-order valence-corrected chi connectivity index (χ1v) is 8.70. The summed E-state index contributed by atoms with van der Waals surface area (Å²) < 4.78 is 23.8. The lowest BCUT2D eigenvalue weighted by Crippen LogP contribution is -2.49. The Morgan fingerprint density at radius 3 is 2.79 bits per heavy atom. The van der Waals surface area contributed by atoms with E-state index in [-0.39, 0.29) is 41.3 Å². The SMILES string of the molecule is CC1CS(=O)(=O)CCN1C(=O)c1cc(I)ccc1O. The van der Waals surface area contributed by atoms with E-state index in [1.807, 2.05) is 0 Å². The molecule has 2 rings (SSSR count). The first-order chi connectivity index (χ1) is 8.80. The molecule has 1 aromatic rings. The zero-order valence-corrected chi connectivity index (χ0v) is 13.3. The van der Waals surface area contributed by atoms with Gasteiger partial charge in [-0.15, -0.1) is 0 Å². The zero-order valence-electron chi connectivity index (χ0n) is 10.3. The van der Waals surface area contributed by atoms with Crippen LogP contribution >= 0.6 is 22.6 Å². The van der Waals surface area contributed by atoms with Crippen LogP contribution in [0.25, 0.3) is 0 Å². The first kappa shape index (κ1) is 14.6. The van der Waals surface area contributed by atoms with Gasteiger partial charge in [0.25, 0.3) is 5.91 Å². The van der Waals surface area contributed by atoms with Crippen molar-refractivity contribution in [1.29, 1.82) is 0 Å². The van der Waals surface area contributed by atoms with Crippen molar-refractivity contribution in [2.24, 2.45) is 0 Å². The summed E-state index contributed by atoms with van der Waals surface area (Å²) >= 11 is 2.06. The number of sulfone groups is 1. The van der Waals surface area contributed by atoms with E-state index in [1.165, 1.54) is 11.0 Å². The Labute approximate surface area is 125 Å². The largest absolute Gasteiger partial charge is 0.507 e.